The fourth-order valence-electron chi connectivity index (χ4n) is 2.16. The molecule has 0 aliphatic rings. The van der Waals surface area contributed by atoms with E-state index in [1.165, 1.54) is 15.7 Å². The second-order valence-electron chi connectivity index (χ2n) is 3.93. The van der Waals surface area contributed by atoms with Gasteiger partial charge in [-0.2, -0.15) is 0 Å². The Morgan fingerprint density at radius 1 is 1.06 bits per heavy atom. The largest absolute Gasteiger partial charge is 0.283 e. The number of rotatable bonds is 0. The van der Waals surface area contributed by atoms with Crippen LogP contribution in [-0.4, -0.2) is 9.38 Å². The zero-order valence-electron chi connectivity index (χ0n) is 8.72. The van der Waals surface area contributed by atoms with Crippen LogP contribution in [0.4, 0.5) is 0 Å². The van der Waals surface area contributed by atoms with E-state index >= 15 is 0 Å². The van der Waals surface area contributed by atoms with Crippen molar-refractivity contribution in [2.75, 3.05) is 0 Å². The Bertz CT molecular complexity index is 860. The fraction of sp³-hybridized carbons (Fsp3) is 0. The monoisotopic (exact) mass is 302 g/mol. The normalized spacial score (nSPS) is 11.8. The molecule has 0 aliphatic carbocycles. The molecular formula is C13H7BrN2S. The molecule has 2 aromatic carbocycles. The van der Waals surface area contributed by atoms with E-state index in [0.717, 1.165) is 15.0 Å². The van der Waals surface area contributed by atoms with E-state index < -0.39 is 0 Å². The summed E-state index contributed by atoms with van der Waals surface area (Å²) in [5.74, 6) is 0. The van der Waals surface area contributed by atoms with E-state index in [1.54, 1.807) is 11.3 Å². The molecule has 0 radical (unpaired) electrons. The SMILES string of the molecule is Brc1ccc2c(c1)sc1nc3ccccc3n12. The van der Waals surface area contributed by atoms with Gasteiger partial charge in [-0.15, -0.1) is 0 Å². The average molecular weight is 303 g/mol. The standard InChI is InChI=1S/C13H7BrN2S/c14-8-5-6-11-12(7-8)17-13-15-9-3-1-2-4-10(9)16(11)13/h1-7H. The van der Waals surface area contributed by atoms with Gasteiger partial charge in [0.2, 0.25) is 0 Å². The quantitative estimate of drug-likeness (QED) is 0.468. The molecule has 4 rings (SSSR count). The smallest absolute Gasteiger partial charge is 0.195 e. The molecule has 0 N–H and O–H groups in total. The number of hydrogen-bond donors (Lipinski definition) is 0. The highest BCUT2D eigenvalue weighted by Gasteiger charge is 2.10. The first kappa shape index (κ1) is 9.62. The predicted molar refractivity (Wildman–Crippen MR) is 75.8 cm³/mol. The van der Waals surface area contributed by atoms with Crippen molar-refractivity contribution in [2.45, 2.75) is 0 Å². The number of para-hydroxylation sites is 2. The van der Waals surface area contributed by atoms with Crippen molar-refractivity contribution in [3.63, 3.8) is 0 Å². The minimum Gasteiger partial charge on any atom is -0.283 e. The lowest BCUT2D eigenvalue weighted by Gasteiger charge is -1.94. The van der Waals surface area contributed by atoms with Gasteiger partial charge in [-0.25, -0.2) is 4.98 Å². The molecule has 0 saturated heterocycles. The van der Waals surface area contributed by atoms with E-state index in [0.29, 0.717) is 0 Å². The fourth-order valence-corrected chi connectivity index (χ4v) is 3.75. The van der Waals surface area contributed by atoms with Crippen LogP contribution in [-0.2, 0) is 0 Å². The summed E-state index contributed by atoms with van der Waals surface area (Å²) < 4.78 is 4.59. The van der Waals surface area contributed by atoms with Crippen molar-refractivity contribution in [1.82, 2.24) is 9.38 Å². The van der Waals surface area contributed by atoms with Gasteiger partial charge in [0.05, 0.1) is 21.3 Å². The molecule has 2 heterocycles. The van der Waals surface area contributed by atoms with Crippen LogP contribution in [0, 0.1) is 0 Å². The highest BCUT2D eigenvalue weighted by molar-refractivity contribution is 9.10. The van der Waals surface area contributed by atoms with Gasteiger partial charge in [0.1, 0.15) is 0 Å². The number of hydrogen-bond acceptors (Lipinski definition) is 2. The second kappa shape index (κ2) is 3.31. The number of aromatic nitrogens is 2. The lowest BCUT2D eigenvalue weighted by Crippen LogP contribution is -1.79. The van der Waals surface area contributed by atoms with Crippen molar-refractivity contribution in [2.24, 2.45) is 0 Å². The summed E-state index contributed by atoms with van der Waals surface area (Å²) in [6.07, 6.45) is 0. The van der Waals surface area contributed by atoms with Gasteiger partial charge in [-0.3, -0.25) is 4.40 Å². The third kappa shape index (κ3) is 1.28. The van der Waals surface area contributed by atoms with Gasteiger partial charge in [0.15, 0.2) is 4.96 Å². The second-order valence-corrected chi connectivity index (χ2v) is 5.86. The Hall–Kier alpha value is -1.39. The first-order valence-electron chi connectivity index (χ1n) is 5.28. The van der Waals surface area contributed by atoms with E-state index in [9.17, 15) is 0 Å². The van der Waals surface area contributed by atoms with Gasteiger partial charge >= 0.3 is 0 Å². The molecule has 0 saturated carbocycles. The van der Waals surface area contributed by atoms with Crippen LogP contribution in [0.5, 0.6) is 0 Å². The summed E-state index contributed by atoms with van der Waals surface area (Å²) in [4.78, 5) is 5.70. The Kier molecular flexibility index (Phi) is 1.87. The van der Waals surface area contributed by atoms with Crippen LogP contribution in [0.3, 0.4) is 0 Å². The highest BCUT2D eigenvalue weighted by Crippen LogP contribution is 2.31. The number of thiazole rings is 1. The van der Waals surface area contributed by atoms with Gasteiger partial charge in [0.25, 0.3) is 0 Å². The van der Waals surface area contributed by atoms with Crippen molar-refractivity contribution in [1.29, 1.82) is 0 Å². The van der Waals surface area contributed by atoms with Gasteiger partial charge in [-0.05, 0) is 30.3 Å². The minimum absolute atomic E-state index is 1.05. The Balaban J connectivity index is 2.31. The summed E-state index contributed by atoms with van der Waals surface area (Å²) in [7, 11) is 0. The van der Waals surface area contributed by atoms with Crippen LogP contribution in [0.15, 0.2) is 46.9 Å². The molecule has 17 heavy (non-hydrogen) atoms. The molecule has 2 nitrogen and oxygen atoms in total. The maximum absolute atomic E-state index is 4.65. The van der Waals surface area contributed by atoms with Crippen molar-refractivity contribution >= 4 is 53.5 Å². The summed E-state index contributed by atoms with van der Waals surface area (Å²) in [5, 5.41) is 0. The molecule has 0 fully saturated rings. The predicted octanol–water partition coefficient (Wildman–Crippen LogP) is 4.46. The highest BCUT2D eigenvalue weighted by atomic mass is 79.9. The molecule has 4 heteroatoms. The molecule has 0 unspecified atom stereocenters. The number of halogens is 1. The lowest BCUT2D eigenvalue weighted by molar-refractivity contribution is 1.34. The Morgan fingerprint density at radius 3 is 2.88 bits per heavy atom. The topological polar surface area (TPSA) is 17.3 Å². The van der Waals surface area contributed by atoms with Crippen LogP contribution in [0.1, 0.15) is 0 Å². The molecular weight excluding hydrogens is 296 g/mol. The Labute approximate surface area is 110 Å². The van der Waals surface area contributed by atoms with E-state index in [2.05, 4.69) is 61.7 Å². The average Bonchev–Trinajstić information content (AvgIpc) is 2.83. The van der Waals surface area contributed by atoms with Crippen LogP contribution < -0.4 is 0 Å². The molecule has 0 spiro atoms. The number of nitrogens with zero attached hydrogens (tertiary/aromatic N) is 2. The molecule has 0 atom stereocenters. The number of imidazole rings is 1. The van der Waals surface area contributed by atoms with Crippen molar-refractivity contribution in [3.05, 3.63) is 46.9 Å². The third-order valence-corrected chi connectivity index (χ3v) is 4.39. The zero-order valence-corrected chi connectivity index (χ0v) is 11.1. The molecule has 2 aromatic heterocycles. The molecule has 0 amide bonds. The summed E-state index contributed by atoms with van der Waals surface area (Å²) >= 11 is 5.23. The van der Waals surface area contributed by atoms with Crippen LogP contribution >= 0.6 is 27.3 Å². The minimum atomic E-state index is 1.05. The van der Waals surface area contributed by atoms with E-state index in [1.807, 2.05) is 6.07 Å². The molecule has 0 aliphatic heterocycles. The maximum atomic E-state index is 4.65. The van der Waals surface area contributed by atoms with Gasteiger partial charge in [-0.1, -0.05) is 39.4 Å². The van der Waals surface area contributed by atoms with Gasteiger partial charge < -0.3 is 0 Å². The van der Waals surface area contributed by atoms with Crippen molar-refractivity contribution in [3.8, 4) is 0 Å². The summed E-state index contributed by atoms with van der Waals surface area (Å²) in [6, 6.07) is 14.6. The van der Waals surface area contributed by atoms with E-state index in [4.69, 9.17) is 0 Å². The zero-order chi connectivity index (χ0) is 11.4. The van der Waals surface area contributed by atoms with Crippen LogP contribution in [0.25, 0.3) is 26.2 Å². The summed E-state index contributed by atoms with van der Waals surface area (Å²) in [6.45, 7) is 0. The maximum Gasteiger partial charge on any atom is 0.195 e. The van der Waals surface area contributed by atoms with Crippen LogP contribution in [0.2, 0.25) is 0 Å². The first-order chi connectivity index (χ1) is 8.33. The Morgan fingerprint density at radius 2 is 1.94 bits per heavy atom. The molecule has 82 valence electrons. The molecule has 4 aromatic rings. The first-order valence-corrected chi connectivity index (χ1v) is 6.89. The molecule has 0 bridgehead atoms. The lowest BCUT2D eigenvalue weighted by atomic mass is 10.3. The number of fused-ring (bicyclic) bond motifs is 5. The number of benzene rings is 2. The van der Waals surface area contributed by atoms with Gasteiger partial charge in [0, 0.05) is 4.47 Å². The summed E-state index contributed by atoms with van der Waals surface area (Å²) in [5.41, 5.74) is 3.46. The van der Waals surface area contributed by atoms with E-state index in [-0.39, 0.29) is 0 Å². The van der Waals surface area contributed by atoms with Crippen molar-refractivity contribution < 1.29 is 0 Å². The third-order valence-electron chi connectivity index (χ3n) is 2.89.